The van der Waals surface area contributed by atoms with Crippen molar-refractivity contribution in [1.82, 2.24) is 9.80 Å². The van der Waals surface area contributed by atoms with Crippen molar-refractivity contribution in [3.05, 3.63) is 0 Å². The summed E-state index contributed by atoms with van der Waals surface area (Å²) >= 11 is 0. The van der Waals surface area contributed by atoms with Gasteiger partial charge >= 0.3 is 0 Å². The summed E-state index contributed by atoms with van der Waals surface area (Å²) in [5.74, 6) is -0.146. The summed E-state index contributed by atoms with van der Waals surface area (Å²) in [5.41, 5.74) is 5.47. The SMILES string of the molecule is CC.CC1CN(C(=O)C(N)CO)CCN1C. The van der Waals surface area contributed by atoms with Gasteiger partial charge in [0.15, 0.2) is 0 Å². The van der Waals surface area contributed by atoms with Gasteiger partial charge < -0.3 is 20.6 Å². The molecule has 1 heterocycles. The smallest absolute Gasteiger partial charge is 0.241 e. The zero-order valence-electron chi connectivity index (χ0n) is 10.8. The van der Waals surface area contributed by atoms with Crippen molar-refractivity contribution in [3.63, 3.8) is 0 Å². The lowest BCUT2D eigenvalue weighted by Gasteiger charge is -2.38. The van der Waals surface area contributed by atoms with E-state index in [1.165, 1.54) is 0 Å². The molecule has 1 amide bonds. The van der Waals surface area contributed by atoms with Gasteiger partial charge in [-0.15, -0.1) is 0 Å². The second-order valence-electron chi connectivity index (χ2n) is 3.90. The second-order valence-corrected chi connectivity index (χ2v) is 3.90. The molecule has 0 aromatic heterocycles. The molecule has 1 aliphatic heterocycles. The molecule has 5 heteroatoms. The van der Waals surface area contributed by atoms with E-state index in [9.17, 15) is 4.79 Å². The Labute approximate surface area is 98.2 Å². The Bertz CT molecular complexity index is 211. The summed E-state index contributed by atoms with van der Waals surface area (Å²) in [4.78, 5) is 15.5. The van der Waals surface area contributed by atoms with Crippen molar-refractivity contribution < 1.29 is 9.90 Å². The van der Waals surface area contributed by atoms with E-state index >= 15 is 0 Å². The molecule has 1 fully saturated rings. The van der Waals surface area contributed by atoms with Crippen molar-refractivity contribution in [2.75, 3.05) is 33.3 Å². The van der Waals surface area contributed by atoms with Crippen LogP contribution in [0, 0.1) is 0 Å². The first-order chi connectivity index (χ1) is 7.56. The Morgan fingerprint density at radius 1 is 1.50 bits per heavy atom. The van der Waals surface area contributed by atoms with Gasteiger partial charge in [-0.3, -0.25) is 4.79 Å². The highest BCUT2D eigenvalue weighted by Crippen LogP contribution is 2.07. The van der Waals surface area contributed by atoms with E-state index in [1.807, 2.05) is 20.9 Å². The van der Waals surface area contributed by atoms with Crippen molar-refractivity contribution in [2.45, 2.75) is 32.9 Å². The number of aliphatic hydroxyl groups is 1. The maximum atomic E-state index is 11.6. The van der Waals surface area contributed by atoms with Gasteiger partial charge in [-0.05, 0) is 14.0 Å². The standard InChI is InChI=1S/C9H19N3O2.C2H6/c1-7-5-12(4-3-11(7)2)9(14)8(10)6-13;1-2/h7-8,13H,3-6,10H2,1-2H3;1-2H3. The summed E-state index contributed by atoms with van der Waals surface area (Å²) in [5, 5.41) is 8.77. The zero-order chi connectivity index (χ0) is 12.7. The van der Waals surface area contributed by atoms with Gasteiger partial charge in [0.1, 0.15) is 6.04 Å². The number of carbonyl (C=O) groups is 1. The van der Waals surface area contributed by atoms with Crippen LogP contribution < -0.4 is 5.73 Å². The predicted molar refractivity (Wildman–Crippen MR) is 65.1 cm³/mol. The average molecular weight is 231 g/mol. The molecule has 0 aromatic rings. The van der Waals surface area contributed by atoms with Gasteiger partial charge in [0.2, 0.25) is 5.91 Å². The van der Waals surface area contributed by atoms with Crippen LogP contribution in [0.25, 0.3) is 0 Å². The van der Waals surface area contributed by atoms with Crippen molar-refractivity contribution >= 4 is 5.91 Å². The monoisotopic (exact) mass is 231 g/mol. The van der Waals surface area contributed by atoms with Crippen molar-refractivity contribution in [1.29, 1.82) is 0 Å². The minimum Gasteiger partial charge on any atom is -0.394 e. The number of rotatable bonds is 2. The van der Waals surface area contributed by atoms with Gasteiger partial charge in [-0.2, -0.15) is 0 Å². The van der Waals surface area contributed by atoms with Crippen LogP contribution >= 0.6 is 0 Å². The molecule has 1 saturated heterocycles. The number of nitrogens with zero attached hydrogens (tertiary/aromatic N) is 2. The largest absolute Gasteiger partial charge is 0.394 e. The van der Waals surface area contributed by atoms with Crippen LogP contribution in [0.3, 0.4) is 0 Å². The fourth-order valence-electron chi connectivity index (χ4n) is 1.56. The zero-order valence-corrected chi connectivity index (χ0v) is 10.8. The molecule has 0 aliphatic carbocycles. The number of carbonyl (C=O) groups excluding carboxylic acids is 1. The number of amides is 1. The Morgan fingerprint density at radius 3 is 2.50 bits per heavy atom. The van der Waals surface area contributed by atoms with E-state index in [2.05, 4.69) is 11.8 Å². The number of likely N-dealkylation sites (N-methyl/N-ethyl adjacent to an activating group) is 1. The molecule has 3 N–H and O–H groups in total. The lowest BCUT2D eigenvalue weighted by atomic mass is 10.2. The molecule has 0 spiro atoms. The molecule has 0 aromatic carbocycles. The summed E-state index contributed by atoms with van der Waals surface area (Å²) in [6.07, 6.45) is 0. The van der Waals surface area contributed by atoms with Crippen LogP contribution in [-0.4, -0.2) is 66.2 Å². The molecule has 96 valence electrons. The first kappa shape index (κ1) is 15.3. The number of nitrogens with two attached hydrogens (primary N) is 1. The van der Waals surface area contributed by atoms with Crippen LogP contribution in [0.15, 0.2) is 0 Å². The highest BCUT2D eigenvalue weighted by atomic mass is 16.3. The lowest BCUT2D eigenvalue weighted by molar-refractivity contribution is -0.136. The average Bonchev–Trinajstić information content (AvgIpc) is 2.33. The summed E-state index contributed by atoms with van der Waals surface area (Å²) < 4.78 is 0. The molecule has 0 bridgehead atoms. The quantitative estimate of drug-likeness (QED) is 0.672. The minimum atomic E-state index is -0.759. The molecular weight excluding hydrogens is 206 g/mol. The molecule has 5 nitrogen and oxygen atoms in total. The van der Waals surface area contributed by atoms with Gasteiger partial charge in [-0.1, -0.05) is 13.8 Å². The highest BCUT2D eigenvalue weighted by molar-refractivity contribution is 5.81. The van der Waals surface area contributed by atoms with Crippen LogP contribution in [0.4, 0.5) is 0 Å². The molecule has 1 aliphatic rings. The van der Waals surface area contributed by atoms with E-state index in [0.29, 0.717) is 19.1 Å². The van der Waals surface area contributed by atoms with Crippen LogP contribution in [-0.2, 0) is 4.79 Å². The number of hydrogen-bond donors (Lipinski definition) is 2. The normalized spacial score (nSPS) is 23.4. The minimum absolute atomic E-state index is 0.146. The Hall–Kier alpha value is -0.650. The fraction of sp³-hybridized carbons (Fsp3) is 0.909. The van der Waals surface area contributed by atoms with E-state index < -0.39 is 6.04 Å². The summed E-state index contributed by atoms with van der Waals surface area (Å²) in [6, 6.07) is -0.399. The van der Waals surface area contributed by atoms with Crippen LogP contribution in [0.5, 0.6) is 0 Å². The summed E-state index contributed by atoms with van der Waals surface area (Å²) in [7, 11) is 2.04. The Kier molecular flexibility index (Phi) is 7.29. The van der Waals surface area contributed by atoms with E-state index in [1.54, 1.807) is 4.90 Å². The van der Waals surface area contributed by atoms with E-state index in [-0.39, 0.29) is 12.5 Å². The Morgan fingerprint density at radius 2 is 2.06 bits per heavy atom. The molecule has 16 heavy (non-hydrogen) atoms. The topological polar surface area (TPSA) is 69.8 Å². The van der Waals surface area contributed by atoms with E-state index in [0.717, 1.165) is 6.54 Å². The molecule has 0 saturated carbocycles. The maximum Gasteiger partial charge on any atom is 0.241 e. The lowest BCUT2D eigenvalue weighted by Crippen LogP contribution is -2.56. The number of hydrogen-bond acceptors (Lipinski definition) is 4. The van der Waals surface area contributed by atoms with Crippen molar-refractivity contribution in [2.24, 2.45) is 5.73 Å². The van der Waals surface area contributed by atoms with Crippen molar-refractivity contribution in [3.8, 4) is 0 Å². The third-order valence-electron chi connectivity index (χ3n) is 2.79. The van der Waals surface area contributed by atoms with E-state index in [4.69, 9.17) is 10.8 Å². The highest BCUT2D eigenvalue weighted by Gasteiger charge is 2.26. The molecule has 0 radical (unpaired) electrons. The first-order valence-electron chi connectivity index (χ1n) is 5.91. The van der Waals surface area contributed by atoms with Crippen LogP contribution in [0.1, 0.15) is 20.8 Å². The van der Waals surface area contributed by atoms with Gasteiger partial charge in [0, 0.05) is 25.7 Å². The molecular formula is C11H25N3O2. The van der Waals surface area contributed by atoms with Gasteiger partial charge in [0.25, 0.3) is 0 Å². The number of piperazine rings is 1. The number of aliphatic hydroxyl groups excluding tert-OH is 1. The maximum absolute atomic E-state index is 11.6. The third-order valence-corrected chi connectivity index (χ3v) is 2.79. The second kappa shape index (κ2) is 7.60. The van der Waals surface area contributed by atoms with Gasteiger partial charge in [-0.25, -0.2) is 0 Å². The molecule has 2 atom stereocenters. The third kappa shape index (κ3) is 4.08. The predicted octanol–water partition coefficient (Wildman–Crippen LogP) is -0.505. The van der Waals surface area contributed by atoms with Crippen LogP contribution in [0.2, 0.25) is 0 Å². The summed E-state index contributed by atoms with van der Waals surface area (Å²) in [6.45, 7) is 8.06. The van der Waals surface area contributed by atoms with Gasteiger partial charge in [0.05, 0.1) is 6.61 Å². The molecule has 2 unspecified atom stereocenters. The fourth-order valence-corrected chi connectivity index (χ4v) is 1.56. The first-order valence-corrected chi connectivity index (χ1v) is 5.91. The molecule has 1 rings (SSSR count). The Balaban J connectivity index is 0.00000106.